The van der Waals surface area contributed by atoms with Gasteiger partial charge in [-0.2, -0.15) is 0 Å². The number of aliphatic hydroxyl groups is 2. The van der Waals surface area contributed by atoms with Gasteiger partial charge < -0.3 is 15.5 Å². The summed E-state index contributed by atoms with van der Waals surface area (Å²) in [6.07, 6.45) is 9.42. The fraction of sp³-hybridized carbons (Fsp3) is 0.500. The van der Waals surface area contributed by atoms with E-state index in [0.29, 0.717) is 12.8 Å². The number of hydrogen-bond acceptors (Lipinski definition) is 4. The lowest BCUT2D eigenvalue weighted by molar-refractivity contribution is -0.117. The number of carbonyl (C=O) groups excluding carboxylic acids is 2. The fourth-order valence-corrected chi connectivity index (χ4v) is 1.25. The molecule has 0 saturated heterocycles. The van der Waals surface area contributed by atoms with E-state index in [1.54, 1.807) is 45.1 Å². The zero-order chi connectivity index (χ0) is 16.3. The van der Waals surface area contributed by atoms with E-state index in [-0.39, 0.29) is 18.2 Å². The molecule has 5 heteroatoms. The van der Waals surface area contributed by atoms with Crippen molar-refractivity contribution in [2.24, 2.45) is 0 Å². The van der Waals surface area contributed by atoms with Gasteiger partial charge in [-0.15, -0.1) is 0 Å². The van der Waals surface area contributed by atoms with Crippen molar-refractivity contribution in [1.29, 1.82) is 0 Å². The highest BCUT2D eigenvalue weighted by molar-refractivity contribution is 5.90. The molecule has 0 aliphatic carbocycles. The van der Waals surface area contributed by atoms with Crippen molar-refractivity contribution in [3.05, 3.63) is 36.5 Å². The molecule has 0 unspecified atom stereocenters. The first-order valence-electron chi connectivity index (χ1n) is 6.93. The third-order valence-electron chi connectivity index (χ3n) is 2.30. The van der Waals surface area contributed by atoms with Gasteiger partial charge in [-0.25, -0.2) is 0 Å². The van der Waals surface area contributed by atoms with Crippen LogP contribution < -0.4 is 5.32 Å². The van der Waals surface area contributed by atoms with Gasteiger partial charge in [-0.1, -0.05) is 24.3 Å². The Morgan fingerprint density at radius 2 is 1.90 bits per heavy atom. The lowest BCUT2D eigenvalue weighted by Crippen LogP contribution is -2.37. The summed E-state index contributed by atoms with van der Waals surface area (Å²) >= 11 is 0. The molecular weight excluding hydrogens is 270 g/mol. The van der Waals surface area contributed by atoms with Crippen LogP contribution in [0.5, 0.6) is 0 Å². The second-order valence-electron chi connectivity index (χ2n) is 5.42. The number of ketones is 1. The van der Waals surface area contributed by atoms with E-state index in [1.807, 2.05) is 0 Å². The smallest absolute Gasteiger partial charge is 0.243 e. The van der Waals surface area contributed by atoms with Crippen molar-refractivity contribution in [1.82, 2.24) is 5.32 Å². The maximum Gasteiger partial charge on any atom is 0.243 e. The lowest BCUT2D eigenvalue weighted by atomic mass is 10.1. The normalized spacial score (nSPS) is 14.1. The van der Waals surface area contributed by atoms with E-state index in [2.05, 4.69) is 5.32 Å². The minimum atomic E-state index is -0.941. The van der Waals surface area contributed by atoms with Crippen LogP contribution in [0.4, 0.5) is 0 Å². The topological polar surface area (TPSA) is 86.6 Å². The highest BCUT2D eigenvalue weighted by Gasteiger charge is 2.12. The van der Waals surface area contributed by atoms with Crippen molar-refractivity contribution in [2.45, 2.75) is 45.3 Å². The molecule has 0 radical (unpaired) electrons. The van der Waals surface area contributed by atoms with Gasteiger partial charge in [-0.3, -0.25) is 9.59 Å². The van der Waals surface area contributed by atoms with Crippen molar-refractivity contribution >= 4 is 11.7 Å². The number of carbonyl (C=O) groups is 2. The summed E-state index contributed by atoms with van der Waals surface area (Å²) in [5.41, 5.74) is -0.941. The third-order valence-corrected chi connectivity index (χ3v) is 2.30. The van der Waals surface area contributed by atoms with Crippen LogP contribution in [-0.4, -0.2) is 40.2 Å². The van der Waals surface area contributed by atoms with Gasteiger partial charge >= 0.3 is 0 Å². The van der Waals surface area contributed by atoms with Gasteiger partial charge in [0.05, 0.1) is 11.7 Å². The van der Waals surface area contributed by atoms with Crippen LogP contribution in [0.15, 0.2) is 36.5 Å². The van der Waals surface area contributed by atoms with Gasteiger partial charge in [0.1, 0.15) is 0 Å². The van der Waals surface area contributed by atoms with Gasteiger partial charge in [0.25, 0.3) is 0 Å². The molecule has 0 aromatic carbocycles. The van der Waals surface area contributed by atoms with Crippen LogP contribution >= 0.6 is 0 Å². The summed E-state index contributed by atoms with van der Waals surface area (Å²) < 4.78 is 0. The molecule has 1 amide bonds. The maximum absolute atomic E-state index is 11.4. The number of nitrogens with one attached hydrogen (secondary N) is 1. The van der Waals surface area contributed by atoms with Crippen LogP contribution in [0.2, 0.25) is 0 Å². The Morgan fingerprint density at radius 1 is 1.24 bits per heavy atom. The largest absolute Gasteiger partial charge is 0.389 e. The van der Waals surface area contributed by atoms with Gasteiger partial charge in [0, 0.05) is 13.0 Å². The summed E-state index contributed by atoms with van der Waals surface area (Å²) in [5.74, 6) is -0.341. The molecule has 0 saturated carbocycles. The first-order chi connectivity index (χ1) is 9.70. The second-order valence-corrected chi connectivity index (χ2v) is 5.42. The zero-order valence-electron chi connectivity index (χ0n) is 12.9. The molecule has 0 bridgehead atoms. The van der Waals surface area contributed by atoms with E-state index in [1.165, 1.54) is 12.2 Å². The quantitative estimate of drug-likeness (QED) is 0.442. The van der Waals surface area contributed by atoms with Crippen molar-refractivity contribution in [3.63, 3.8) is 0 Å². The molecule has 21 heavy (non-hydrogen) atoms. The monoisotopic (exact) mass is 295 g/mol. The molecule has 0 heterocycles. The molecule has 0 aliphatic rings. The molecule has 118 valence electrons. The number of amides is 1. The minimum Gasteiger partial charge on any atom is -0.389 e. The highest BCUT2D eigenvalue weighted by atomic mass is 16.3. The van der Waals surface area contributed by atoms with Crippen molar-refractivity contribution in [2.75, 3.05) is 6.54 Å². The predicted octanol–water partition coefficient (Wildman–Crippen LogP) is 1.27. The molecule has 0 aliphatic heterocycles. The van der Waals surface area contributed by atoms with E-state index in [0.717, 1.165) is 0 Å². The second kappa shape index (κ2) is 10.1. The average Bonchev–Trinajstić information content (AvgIpc) is 2.36. The van der Waals surface area contributed by atoms with Gasteiger partial charge in [-0.05, 0) is 39.3 Å². The Hall–Kier alpha value is -1.72. The Kier molecular flexibility index (Phi) is 9.25. The Labute approximate surface area is 126 Å². The highest BCUT2D eigenvalue weighted by Crippen LogP contribution is 1.98. The Morgan fingerprint density at radius 3 is 2.48 bits per heavy atom. The van der Waals surface area contributed by atoms with Crippen LogP contribution in [0.1, 0.15) is 33.6 Å². The first kappa shape index (κ1) is 19.3. The summed E-state index contributed by atoms with van der Waals surface area (Å²) in [6.45, 7) is 5.01. The molecule has 0 rings (SSSR count). The molecule has 0 fully saturated rings. The molecule has 3 N–H and O–H groups in total. The summed E-state index contributed by atoms with van der Waals surface area (Å²) in [6, 6.07) is 0. The number of rotatable bonds is 9. The molecular formula is C16H25NO4. The van der Waals surface area contributed by atoms with E-state index in [4.69, 9.17) is 5.11 Å². The average molecular weight is 295 g/mol. The van der Waals surface area contributed by atoms with Crippen LogP contribution in [0.3, 0.4) is 0 Å². The van der Waals surface area contributed by atoms with Crippen LogP contribution in [0.25, 0.3) is 0 Å². The van der Waals surface area contributed by atoms with Gasteiger partial charge in [0.15, 0.2) is 5.78 Å². The molecule has 0 aromatic rings. The zero-order valence-corrected chi connectivity index (χ0v) is 12.9. The van der Waals surface area contributed by atoms with Gasteiger partial charge in [0.2, 0.25) is 5.91 Å². The molecule has 0 spiro atoms. The number of hydrogen-bond donors (Lipinski definition) is 3. The summed E-state index contributed by atoms with van der Waals surface area (Å²) in [4.78, 5) is 22.8. The third kappa shape index (κ3) is 14.5. The van der Waals surface area contributed by atoms with Crippen molar-refractivity contribution in [3.8, 4) is 0 Å². The number of allylic oxidation sites excluding steroid dienone is 4. The first-order valence-corrected chi connectivity index (χ1v) is 6.93. The fourth-order valence-electron chi connectivity index (χ4n) is 1.25. The Balaban J connectivity index is 3.90. The lowest BCUT2D eigenvalue weighted by Gasteiger charge is -2.16. The van der Waals surface area contributed by atoms with E-state index >= 15 is 0 Å². The van der Waals surface area contributed by atoms with Crippen LogP contribution in [-0.2, 0) is 9.59 Å². The SMILES string of the molecule is C[C@@H](O)/C=C/C=C/C(=O)CC/C=C/C(=O)NCC(C)(C)O. The van der Waals surface area contributed by atoms with E-state index < -0.39 is 11.7 Å². The standard InChI is InChI=1S/C16H25NO4/c1-13(18)8-4-5-9-14(19)10-6-7-11-15(20)17-12-16(2,3)21/h4-5,7-9,11,13,18,21H,6,10,12H2,1-3H3,(H,17,20)/b8-4+,9-5+,11-7+/t13-/m1/s1. The Bertz CT molecular complexity index is 414. The maximum atomic E-state index is 11.4. The molecule has 5 nitrogen and oxygen atoms in total. The number of aliphatic hydroxyl groups excluding tert-OH is 1. The van der Waals surface area contributed by atoms with Crippen LogP contribution in [0, 0.1) is 0 Å². The summed E-state index contributed by atoms with van der Waals surface area (Å²) in [5, 5.41) is 21.0. The minimum absolute atomic E-state index is 0.0493. The van der Waals surface area contributed by atoms with E-state index in [9.17, 15) is 14.7 Å². The molecule has 1 atom stereocenters. The van der Waals surface area contributed by atoms with Crippen molar-refractivity contribution < 1.29 is 19.8 Å². The molecule has 0 aromatic heterocycles. The predicted molar refractivity (Wildman–Crippen MR) is 82.6 cm³/mol. The summed E-state index contributed by atoms with van der Waals surface area (Å²) in [7, 11) is 0.